The molecular formula is C13H7BrFN3O2. The predicted molar refractivity (Wildman–Crippen MR) is 72.3 cm³/mol. The molecule has 0 atom stereocenters. The molecule has 0 aliphatic rings. The maximum Gasteiger partial charge on any atom is 0.265 e. The zero-order valence-corrected chi connectivity index (χ0v) is 11.5. The van der Waals surface area contributed by atoms with Crippen molar-refractivity contribution in [3.8, 4) is 28.7 Å². The van der Waals surface area contributed by atoms with Crippen LogP contribution in [0.5, 0.6) is 5.75 Å². The van der Waals surface area contributed by atoms with E-state index >= 15 is 0 Å². The van der Waals surface area contributed by atoms with Crippen molar-refractivity contribution >= 4 is 15.9 Å². The molecule has 0 fully saturated rings. The van der Waals surface area contributed by atoms with Crippen molar-refractivity contribution in [2.45, 2.75) is 0 Å². The fourth-order valence-electron chi connectivity index (χ4n) is 1.66. The lowest BCUT2D eigenvalue weighted by Gasteiger charge is -1.99. The Morgan fingerprint density at radius 1 is 1.20 bits per heavy atom. The molecule has 7 heteroatoms. The summed E-state index contributed by atoms with van der Waals surface area (Å²) in [7, 11) is 0. The van der Waals surface area contributed by atoms with Crippen LogP contribution in [0.1, 0.15) is 0 Å². The second kappa shape index (κ2) is 5.01. The molecule has 2 aromatic heterocycles. The molecule has 0 aliphatic carbocycles. The van der Waals surface area contributed by atoms with Gasteiger partial charge < -0.3 is 9.63 Å². The van der Waals surface area contributed by atoms with Gasteiger partial charge in [-0.05, 0) is 40.2 Å². The normalized spacial score (nSPS) is 10.7. The number of phenolic OH excluding ortho intramolecular Hbond substituents is 1. The summed E-state index contributed by atoms with van der Waals surface area (Å²) in [6.07, 6.45) is 1.59. The maximum absolute atomic E-state index is 13.7. The highest BCUT2D eigenvalue weighted by atomic mass is 79.9. The maximum atomic E-state index is 13.7. The Bertz CT molecular complexity index is 738. The minimum Gasteiger partial charge on any atom is -0.507 e. The third-order valence-corrected chi connectivity index (χ3v) is 3.06. The molecule has 0 saturated carbocycles. The van der Waals surface area contributed by atoms with Gasteiger partial charge in [-0.15, -0.1) is 0 Å². The lowest BCUT2D eigenvalue weighted by Crippen LogP contribution is -1.87. The van der Waals surface area contributed by atoms with Gasteiger partial charge in [0, 0.05) is 10.7 Å². The van der Waals surface area contributed by atoms with E-state index in [0.717, 1.165) is 4.47 Å². The number of benzene rings is 1. The van der Waals surface area contributed by atoms with E-state index in [2.05, 4.69) is 31.1 Å². The van der Waals surface area contributed by atoms with E-state index in [1.165, 1.54) is 18.2 Å². The van der Waals surface area contributed by atoms with Gasteiger partial charge in [0.25, 0.3) is 5.89 Å². The summed E-state index contributed by atoms with van der Waals surface area (Å²) >= 11 is 3.27. The average molecular weight is 336 g/mol. The standard InChI is InChI=1S/C13H7BrFN3O2/c14-7-4-5-9(16-6-7)12-17-13(20-18-12)11-8(15)2-1-3-10(11)19/h1-6,19H. The second-order valence-electron chi connectivity index (χ2n) is 3.92. The van der Waals surface area contributed by atoms with Crippen LogP contribution < -0.4 is 0 Å². The van der Waals surface area contributed by atoms with Gasteiger partial charge in [0.15, 0.2) is 0 Å². The molecule has 3 rings (SSSR count). The Morgan fingerprint density at radius 3 is 2.75 bits per heavy atom. The van der Waals surface area contributed by atoms with Crippen LogP contribution in [0.25, 0.3) is 23.0 Å². The lowest BCUT2D eigenvalue weighted by molar-refractivity contribution is 0.421. The molecular weight excluding hydrogens is 329 g/mol. The number of hydrogen-bond donors (Lipinski definition) is 1. The number of aromatic hydroxyl groups is 1. The SMILES string of the molecule is Oc1cccc(F)c1-c1nc(-c2ccc(Br)cn2)no1. The highest BCUT2D eigenvalue weighted by Gasteiger charge is 2.18. The Balaban J connectivity index is 2.04. The molecule has 1 aromatic carbocycles. The first-order valence-corrected chi connectivity index (χ1v) is 6.38. The quantitative estimate of drug-likeness (QED) is 0.776. The lowest BCUT2D eigenvalue weighted by atomic mass is 10.2. The summed E-state index contributed by atoms with van der Waals surface area (Å²) in [5, 5.41) is 13.4. The van der Waals surface area contributed by atoms with E-state index in [1.54, 1.807) is 18.3 Å². The van der Waals surface area contributed by atoms with E-state index in [-0.39, 0.29) is 23.0 Å². The topological polar surface area (TPSA) is 72.0 Å². The van der Waals surface area contributed by atoms with E-state index in [1.807, 2.05) is 0 Å². The van der Waals surface area contributed by atoms with Crippen molar-refractivity contribution in [1.29, 1.82) is 0 Å². The van der Waals surface area contributed by atoms with Crippen LogP contribution in [0.15, 0.2) is 45.5 Å². The third kappa shape index (κ3) is 2.27. The summed E-state index contributed by atoms with van der Waals surface area (Å²) in [5.74, 6) is -0.775. The molecule has 0 amide bonds. The first-order chi connectivity index (χ1) is 9.65. The first-order valence-electron chi connectivity index (χ1n) is 5.58. The number of aromatic nitrogens is 3. The van der Waals surface area contributed by atoms with Crippen molar-refractivity contribution < 1.29 is 14.0 Å². The highest BCUT2D eigenvalue weighted by molar-refractivity contribution is 9.10. The Labute approximate surface area is 121 Å². The summed E-state index contributed by atoms with van der Waals surface area (Å²) in [6, 6.07) is 7.41. The van der Waals surface area contributed by atoms with Gasteiger partial charge in [0.05, 0.1) is 0 Å². The summed E-state index contributed by atoms with van der Waals surface area (Å²) in [5.41, 5.74) is 0.363. The molecule has 0 bridgehead atoms. The monoisotopic (exact) mass is 335 g/mol. The number of phenols is 1. The van der Waals surface area contributed by atoms with E-state index in [4.69, 9.17) is 4.52 Å². The van der Waals surface area contributed by atoms with E-state index in [9.17, 15) is 9.50 Å². The zero-order chi connectivity index (χ0) is 14.1. The molecule has 5 nitrogen and oxygen atoms in total. The fraction of sp³-hybridized carbons (Fsp3) is 0. The number of halogens is 2. The minimum absolute atomic E-state index is 0.0969. The van der Waals surface area contributed by atoms with Crippen LogP contribution in [-0.2, 0) is 0 Å². The smallest absolute Gasteiger partial charge is 0.265 e. The van der Waals surface area contributed by atoms with Crippen molar-refractivity contribution in [1.82, 2.24) is 15.1 Å². The van der Waals surface area contributed by atoms with Crippen molar-refractivity contribution in [2.24, 2.45) is 0 Å². The van der Waals surface area contributed by atoms with Gasteiger partial charge >= 0.3 is 0 Å². The molecule has 20 heavy (non-hydrogen) atoms. The summed E-state index contributed by atoms with van der Waals surface area (Å²) in [4.78, 5) is 8.16. The highest BCUT2D eigenvalue weighted by Crippen LogP contribution is 2.31. The third-order valence-electron chi connectivity index (χ3n) is 2.59. The van der Waals surface area contributed by atoms with Crippen LogP contribution in [0.2, 0.25) is 0 Å². The molecule has 0 aliphatic heterocycles. The van der Waals surface area contributed by atoms with Gasteiger partial charge in [-0.25, -0.2) is 4.39 Å². The van der Waals surface area contributed by atoms with E-state index in [0.29, 0.717) is 5.69 Å². The van der Waals surface area contributed by atoms with Crippen molar-refractivity contribution in [3.05, 3.63) is 46.8 Å². The van der Waals surface area contributed by atoms with Crippen LogP contribution in [0.3, 0.4) is 0 Å². The zero-order valence-electron chi connectivity index (χ0n) is 9.92. The molecule has 0 unspecified atom stereocenters. The Morgan fingerprint density at radius 2 is 2.05 bits per heavy atom. The summed E-state index contributed by atoms with van der Waals surface area (Å²) in [6.45, 7) is 0. The molecule has 0 radical (unpaired) electrons. The minimum atomic E-state index is -0.635. The molecule has 2 heterocycles. The molecule has 1 N–H and O–H groups in total. The Kier molecular flexibility index (Phi) is 3.19. The summed E-state index contributed by atoms with van der Waals surface area (Å²) < 4.78 is 19.5. The van der Waals surface area contributed by atoms with E-state index < -0.39 is 5.82 Å². The molecule has 0 saturated heterocycles. The number of hydrogen-bond acceptors (Lipinski definition) is 5. The van der Waals surface area contributed by atoms with Gasteiger partial charge in [-0.3, -0.25) is 4.98 Å². The molecule has 3 aromatic rings. The number of rotatable bonds is 2. The van der Waals surface area contributed by atoms with Gasteiger partial charge in [-0.1, -0.05) is 11.2 Å². The van der Waals surface area contributed by atoms with Crippen molar-refractivity contribution in [3.63, 3.8) is 0 Å². The predicted octanol–water partition coefficient (Wildman–Crippen LogP) is 3.41. The van der Waals surface area contributed by atoms with Crippen LogP contribution >= 0.6 is 15.9 Å². The van der Waals surface area contributed by atoms with Crippen LogP contribution in [0, 0.1) is 5.82 Å². The average Bonchev–Trinajstić information content (AvgIpc) is 2.89. The number of nitrogens with zero attached hydrogens (tertiary/aromatic N) is 3. The van der Waals surface area contributed by atoms with Crippen LogP contribution in [0.4, 0.5) is 4.39 Å². The molecule has 100 valence electrons. The van der Waals surface area contributed by atoms with Crippen LogP contribution in [-0.4, -0.2) is 20.2 Å². The first kappa shape index (κ1) is 12.7. The van der Waals surface area contributed by atoms with Gasteiger partial charge in [0.1, 0.15) is 22.8 Å². The fourth-order valence-corrected chi connectivity index (χ4v) is 1.90. The van der Waals surface area contributed by atoms with Gasteiger partial charge in [0.2, 0.25) is 5.82 Å². The molecule has 0 spiro atoms. The van der Waals surface area contributed by atoms with Crippen molar-refractivity contribution in [2.75, 3.05) is 0 Å². The number of pyridine rings is 1. The largest absolute Gasteiger partial charge is 0.507 e. The van der Waals surface area contributed by atoms with Gasteiger partial charge in [-0.2, -0.15) is 4.98 Å². The Hall–Kier alpha value is -2.28. The second-order valence-corrected chi connectivity index (χ2v) is 4.83.